The number of benzene rings is 1. The van der Waals surface area contributed by atoms with Gasteiger partial charge in [-0.1, -0.05) is 12.1 Å². The minimum atomic E-state index is 0.389. The molecule has 1 aromatic carbocycles. The minimum Gasteiger partial charge on any atom is -0.493 e. The second kappa shape index (κ2) is 7.21. The lowest BCUT2D eigenvalue weighted by atomic mass is 10.1. The fourth-order valence-corrected chi connectivity index (χ4v) is 2.54. The van der Waals surface area contributed by atoms with Crippen molar-refractivity contribution in [3.8, 4) is 23.0 Å². The van der Waals surface area contributed by atoms with Crippen molar-refractivity contribution in [1.29, 1.82) is 0 Å². The van der Waals surface area contributed by atoms with Crippen LogP contribution in [0.2, 0.25) is 0 Å². The Morgan fingerprint density at radius 3 is 2.62 bits per heavy atom. The van der Waals surface area contributed by atoms with Crippen LogP contribution in [0.15, 0.2) is 16.7 Å². The van der Waals surface area contributed by atoms with Crippen LogP contribution in [-0.4, -0.2) is 30.1 Å². The van der Waals surface area contributed by atoms with Gasteiger partial charge in [-0.25, -0.2) is 0 Å². The lowest BCUT2D eigenvalue weighted by Gasteiger charge is -2.10. The predicted molar refractivity (Wildman–Crippen MR) is 83.7 cm³/mol. The van der Waals surface area contributed by atoms with E-state index in [0.717, 1.165) is 17.9 Å². The molecule has 0 aliphatic heterocycles. The molecule has 0 atom stereocenters. The monoisotopic (exact) mass is 309 g/mol. The summed E-state index contributed by atoms with van der Waals surface area (Å²) in [7, 11) is 3.13. The summed E-state index contributed by atoms with van der Waals surface area (Å²) < 4.78 is 15.8. The molecule has 2 N–H and O–H groups in total. The molecule has 0 aliphatic rings. The number of thioether (sulfide) groups is 1. The van der Waals surface area contributed by atoms with E-state index in [9.17, 15) is 0 Å². The molecule has 7 heteroatoms. The zero-order valence-electron chi connectivity index (χ0n) is 12.4. The molecule has 2 rings (SSSR count). The normalized spacial score (nSPS) is 10.6. The van der Waals surface area contributed by atoms with Crippen molar-refractivity contribution in [3.63, 3.8) is 0 Å². The molecule has 114 valence electrons. The Balaban J connectivity index is 2.25. The van der Waals surface area contributed by atoms with Gasteiger partial charge in [-0.3, -0.25) is 0 Å². The summed E-state index contributed by atoms with van der Waals surface area (Å²) in [5.41, 5.74) is 7.16. The molecule has 0 saturated carbocycles. The van der Waals surface area contributed by atoms with E-state index in [-0.39, 0.29) is 0 Å². The molecule has 0 spiro atoms. The van der Waals surface area contributed by atoms with E-state index < -0.39 is 0 Å². The van der Waals surface area contributed by atoms with Gasteiger partial charge in [0.25, 0.3) is 5.89 Å². The topological polar surface area (TPSA) is 83.4 Å². The number of rotatable bonds is 7. The van der Waals surface area contributed by atoms with Crippen molar-refractivity contribution in [2.24, 2.45) is 0 Å². The van der Waals surface area contributed by atoms with E-state index in [2.05, 4.69) is 17.1 Å². The predicted octanol–water partition coefficient (Wildman–Crippen LogP) is 2.98. The summed E-state index contributed by atoms with van der Waals surface area (Å²) in [5.74, 6) is 3.99. The molecule has 0 saturated heterocycles. The highest BCUT2D eigenvalue weighted by Gasteiger charge is 2.16. The number of ether oxygens (including phenoxy) is 2. The zero-order valence-corrected chi connectivity index (χ0v) is 13.2. The van der Waals surface area contributed by atoms with Crippen molar-refractivity contribution < 1.29 is 14.0 Å². The third kappa shape index (κ3) is 3.60. The summed E-state index contributed by atoms with van der Waals surface area (Å²) >= 11 is 1.77. The van der Waals surface area contributed by atoms with Crippen molar-refractivity contribution in [3.05, 3.63) is 18.0 Å². The number of aromatic nitrogens is 2. The molecular weight excluding hydrogens is 290 g/mol. The molecule has 0 bridgehead atoms. The van der Waals surface area contributed by atoms with E-state index in [1.165, 1.54) is 0 Å². The Hall–Kier alpha value is -1.89. The Kier molecular flexibility index (Phi) is 5.32. The van der Waals surface area contributed by atoms with Crippen molar-refractivity contribution in [2.75, 3.05) is 25.7 Å². The number of nitrogen functional groups attached to an aromatic ring is 1. The third-order valence-corrected chi connectivity index (χ3v) is 3.99. The average molecular weight is 309 g/mol. The quantitative estimate of drug-likeness (QED) is 0.621. The lowest BCUT2D eigenvalue weighted by molar-refractivity contribution is 0.355. The van der Waals surface area contributed by atoms with Crippen LogP contribution in [-0.2, 0) is 5.75 Å². The van der Waals surface area contributed by atoms with Gasteiger partial charge in [0.05, 0.1) is 25.5 Å². The highest BCUT2D eigenvalue weighted by molar-refractivity contribution is 7.98. The van der Waals surface area contributed by atoms with Gasteiger partial charge < -0.3 is 19.7 Å². The Morgan fingerprint density at radius 2 is 1.95 bits per heavy atom. The first-order valence-corrected chi connectivity index (χ1v) is 7.77. The van der Waals surface area contributed by atoms with Gasteiger partial charge in [0, 0.05) is 11.8 Å². The van der Waals surface area contributed by atoms with Gasteiger partial charge in [0.2, 0.25) is 0 Å². The molecule has 0 aliphatic carbocycles. The van der Waals surface area contributed by atoms with Crippen LogP contribution in [0.5, 0.6) is 11.5 Å². The maximum atomic E-state index is 6.01. The SMILES string of the molecule is CCCSCc1noc(-c2cc(OC)c(OC)cc2N)n1. The van der Waals surface area contributed by atoms with Crippen LogP contribution >= 0.6 is 11.8 Å². The molecule has 21 heavy (non-hydrogen) atoms. The number of hydrogen-bond acceptors (Lipinski definition) is 7. The van der Waals surface area contributed by atoms with Crippen LogP contribution in [0.25, 0.3) is 11.5 Å². The summed E-state index contributed by atoms with van der Waals surface area (Å²) in [6, 6.07) is 3.43. The first kappa shape index (κ1) is 15.5. The standard InChI is InChI=1S/C14H19N3O3S/c1-4-5-21-8-13-16-14(20-17-13)9-6-11(18-2)12(19-3)7-10(9)15/h6-7H,4-5,8,15H2,1-3H3. The van der Waals surface area contributed by atoms with Gasteiger partial charge >= 0.3 is 0 Å². The van der Waals surface area contributed by atoms with E-state index in [1.54, 1.807) is 38.1 Å². The second-order valence-electron chi connectivity index (χ2n) is 4.36. The van der Waals surface area contributed by atoms with Crippen LogP contribution in [0.4, 0.5) is 5.69 Å². The molecule has 6 nitrogen and oxygen atoms in total. The summed E-state index contributed by atoms with van der Waals surface area (Å²) in [5, 5.41) is 3.97. The molecule has 2 aromatic rings. The fourth-order valence-electron chi connectivity index (χ4n) is 1.81. The van der Waals surface area contributed by atoms with Crippen LogP contribution in [0.1, 0.15) is 19.2 Å². The average Bonchev–Trinajstić information content (AvgIpc) is 2.95. The van der Waals surface area contributed by atoms with Crippen LogP contribution in [0.3, 0.4) is 0 Å². The first-order valence-electron chi connectivity index (χ1n) is 6.61. The molecule has 0 fully saturated rings. The number of nitrogens with zero attached hydrogens (tertiary/aromatic N) is 2. The van der Waals surface area contributed by atoms with E-state index >= 15 is 0 Å². The van der Waals surface area contributed by atoms with E-state index in [0.29, 0.717) is 34.5 Å². The van der Waals surface area contributed by atoms with Crippen LogP contribution in [0, 0.1) is 0 Å². The smallest absolute Gasteiger partial charge is 0.260 e. The number of methoxy groups -OCH3 is 2. The molecule has 0 unspecified atom stereocenters. The first-order chi connectivity index (χ1) is 10.2. The maximum Gasteiger partial charge on any atom is 0.260 e. The Labute approximate surface area is 128 Å². The van der Waals surface area contributed by atoms with Crippen LogP contribution < -0.4 is 15.2 Å². The van der Waals surface area contributed by atoms with Crippen molar-refractivity contribution >= 4 is 17.4 Å². The lowest BCUT2D eigenvalue weighted by Crippen LogP contribution is -1.96. The Morgan fingerprint density at radius 1 is 1.24 bits per heavy atom. The molecule has 0 radical (unpaired) electrons. The van der Waals surface area contributed by atoms with Gasteiger partial charge in [-0.2, -0.15) is 16.7 Å². The molecule has 1 aromatic heterocycles. The number of nitrogens with two attached hydrogens (primary N) is 1. The summed E-state index contributed by atoms with van der Waals surface area (Å²) in [4.78, 5) is 4.37. The summed E-state index contributed by atoms with van der Waals surface area (Å²) in [6.45, 7) is 2.14. The maximum absolute atomic E-state index is 6.01. The zero-order chi connectivity index (χ0) is 15.2. The van der Waals surface area contributed by atoms with Crippen molar-refractivity contribution in [1.82, 2.24) is 10.1 Å². The largest absolute Gasteiger partial charge is 0.493 e. The van der Waals surface area contributed by atoms with Gasteiger partial charge in [-0.05, 0) is 18.2 Å². The molecule has 1 heterocycles. The van der Waals surface area contributed by atoms with Gasteiger partial charge in [0.15, 0.2) is 17.3 Å². The van der Waals surface area contributed by atoms with Crippen molar-refractivity contribution in [2.45, 2.75) is 19.1 Å². The highest BCUT2D eigenvalue weighted by Crippen LogP contribution is 2.36. The number of anilines is 1. The fraction of sp³-hybridized carbons (Fsp3) is 0.429. The van der Waals surface area contributed by atoms with E-state index in [1.807, 2.05) is 0 Å². The van der Waals surface area contributed by atoms with E-state index in [4.69, 9.17) is 19.7 Å². The summed E-state index contributed by atoms with van der Waals surface area (Å²) in [6.07, 6.45) is 1.12. The number of hydrogen-bond donors (Lipinski definition) is 1. The third-order valence-electron chi connectivity index (χ3n) is 2.83. The Bertz CT molecular complexity index is 601. The molecular formula is C14H19N3O3S. The molecule has 0 amide bonds. The van der Waals surface area contributed by atoms with Gasteiger partial charge in [-0.15, -0.1) is 0 Å². The van der Waals surface area contributed by atoms with Gasteiger partial charge in [0.1, 0.15) is 0 Å². The second-order valence-corrected chi connectivity index (χ2v) is 5.47. The highest BCUT2D eigenvalue weighted by atomic mass is 32.2. The minimum absolute atomic E-state index is 0.389.